The van der Waals surface area contributed by atoms with Crippen molar-refractivity contribution in [1.29, 1.82) is 0 Å². The molecule has 0 spiro atoms. The van der Waals surface area contributed by atoms with Gasteiger partial charge in [-0.25, -0.2) is 4.39 Å². The molecule has 2 aromatic rings. The van der Waals surface area contributed by atoms with Crippen LogP contribution in [0.2, 0.25) is 0 Å². The third kappa shape index (κ3) is 3.68. The Labute approximate surface area is 124 Å². The van der Waals surface area contributed by atoms with E-state index in [1.165, 1.54) is 12.1 Å². The highest BCUT2D eigenvalue weighted by Crippen LogP contribution is 2.24. The van der Waals surface area contributed by atoms with Crippen molar-refractivity contribution in [2.45, 2.75) is 39.3 Å². The fraction of sp³-hybridized carbons (Fsp3) is 0.438. The quantitative estimate of drug-likeness (QED) is 0.858. The predicted molar refractivity (Wildman–Crippen MR) is 78.4 cm³/mol. The maximum atomic E-state index is 12.9. The maximum Gasteiger partial charge on any atom is 0.138 e. The van der Waals surface area contributed by atoms with Crippen molar-refractivity contribution in [2.24, 2.45) is 0 Å². The van der Waals surface area contributed by atoms with Crippen molar-refractivity contribution >= 4 is 0 Å². The van der Waals surface area contributed by atoms with Gasteiger partial charge in [0, 0.05) is 18.2 Å². The van der Waals surface area contributed by atoms with Crippen LogP contribution in [-0.4, -0.2) is 16.8 Å². The molecule has 0 unspecified atom stereocenters. The van der Waals surface area contributed by atoms with Crippen molar-refractivity contribution < 1.29 is 14.0 Å². The Balaban J connectivity index is 2.02. The van der Waals surface area contributed by atoms with Crippen LogP contribution < -0.4 is 5.32 Å². The molecule has 1 heterocycles. The summed E-state index contributed by atoms with van der Waals surface area (Å²) in [6.45, 7) is 6.24. The minimum atomic E-state index is -0.680. The summed E-state index contributed by atoms with van der Waals surface area (Å²) in [4.78, 5) is 0. The summed E-state index contributed by atoms with van der Waals surface area (Å²) in [6.07, 6.45) is 0.180. The molecular formula is C16H21FN2O2. The minimum Gasteiger partial charge on any atom is -0.387 e. The molecule has 0 fully saturated rings. The smallest absolute Gasteiger partial charge is 0.138 e. The number of aliphatic hydroxyl groups excluding tert-OH is 1. The lowest BCUT2D eigenvalue weighted by Gasteiger charge is -2.19. The van der Waals surface area contributed by atoms with E-state index in [1.54, 1.807) is 12.1 Å². The van der Waals surface area contributed by atoms with E-state index in [9.17, 15) is 9.50 Å². The molecule has 114 valence electrons. The molecule has 0 aliphatic rings. The van der Waals surface area contributed by atoms with E-state index < -0.39 is 6.10 Å². The van der Waals surface area contributed by atoms with Crippen LogP contribution in [0.5, 0.6) is 0 Å². The van der Waals surface area contributed by atoms with Crippen LogP contribution in [0.25, 0.3) is 0 Å². The summed E-state index contributed by atoms with van der Waals surface area (Å²) in [7, 11) is 0. The van der Waals surface area contributed by atoms with Crippen LogP contribution in [0.3, 0.4) is 0 Å². The number of rotatable bonds is 6. The van der Waals surface area contributed by atoms with E-state index in [0.717, 1.165) is 23.4 Å². The number of nitrogens with zero attached hydrogens (tertiary/aromatic N) is 1. The zero-order chi connectivity index (χ0) is 15.4. The number of aryl methyl sites for hydroxylation is 2. The van der Waals surface area contributed by atoms with Gasteiger partial charge in [0.1, 0.15) is 11.6 Å². The predicted octanol–water partition coefficient (Wildman–Crippen LogP) is 3.20. The molecule has 21 heavy (non-hydrogen) atoms. The Hall–Kier alpha value is -1.72. The van der Waals surface area contributed by atoms with Crippen molar-refractivity contribution in [3.8, 4) is 0 Å². The Morgan fingerprint density at radius 2 is 1.95 bits per heavy atom. The van der Waals surface area contributed by atoms with Gasteiger partial charge in [-0.2, -0.15) is 0 Å². The lowest BCUT2D eigenvalue weighted by molar-refractivity contribution is 0.169. The van der Waals surface area contributed by atoms with Crippen LogP contribution in [0, 0.1) is 19.7 Å². The van der Waals surface area contributed by atoms with Crippen LogP contribution >= 0.6 is 0 Å². The van der Waals surface area contributed by atoms with Gasteiger partial charge in [-0.3, -0.25) is 0 Å². The van der Waals surface area contributed by atoms with Gasteiger partial charge in [0.15, 0.2) is 0 Å². The fourth-order valence-electron chi connectivity index (χ4n) is 2.49. The van der Waals surface area contributed by atoms with E-state index in [-0.39, 0.29) is 11.9 Å². The first kappa shape index (κ1) is 15.7. The largest absolute Gasteiger partial charge is 0.387 e. The van der Waals surface area contributed by atoms with Gasteiger partial charge in [-0.05, 0) is 38.0 Å². The average molecular weight is 292 g/mol. The number of benzene rings is 1. The molecule has 0 saturated heterocycles. The zero-order valence-electron chi connectivity index (χ0n) is 12.6. The molecule has 0 amide bonds. The van der Waals surface area contributed by atoms with Crippen LogP contribution in [0.15, 0.2) is 28.8 Å². The summed E-state index contributed by atoms with van der Waals surface area (Å²) < 4.78 is 18.1. The second-order valence-corrected chi connectivity index (χ2v) is 5.17. The van der Waals surface area contributed by atoms with Crippen molar-refractivity contribution in [1.82, 2.24) is 10.5 Å². The van der Waals surface area contributed by atoms with Gasteiger partial charge >= 0.3 is 0 Å². The molecule has 1 aromatic heterocycles. The number of halogens is 1. The van der Waals surface area contributed by atoms with Gasteiger partial charge < -0.3 is 14.9 Å². The van der Waals surface area contributed by atoms with Gasteiger partial charge in [-0.1, -0.05) is 24.2 Å². The molecule has 4 nitrogen and oxygen atoms in total. The second-order valence-electron chi connectivity index (χ2n) is 5.17. The van der Waals surface area contributed by atoms with Crippen LogP contribution in [0.1, 0.15) is 48.1 Å². The summed E-state index contributed by atoms with van der Waals surface area (Å²) >= 11 is 0. The number of hydrogen-bond donors (Lipinski definition) is 2. The summed E-state index contributed by atoms with van der Waals surface area (Å²) in [6, 6.07) is 5.97. The highest BCUT2D eigenvalue weighted by Gasteiger charge is 2.19. The molecule has 2 atom stereocenters. The summed E-state index contributed by atoms with van der Waals surface area (Å²) in [5.74, 6) is 0.490. The Kier molecular flexibility index (Phi) is 5.09. The van der Waals surface area contributed by atoms with Crippen molar-refractivity contribution in [2.75, 3.05) is 6.54 Å². The highest BCUT2D eigenvalue weighted by atomic mass is 19.1. The highest BCUT2D eigenvalue weighted by molar-refractivity contribution is 5.25. The molecule has 0 radical (unpaired) electrons. The topological polar surface area (TPSA) is 58.3 Å². The van der Waals surface area contributed by atoms with E-state index >= 15 is 0 Å². The molecule has 2 rings (SSSR count). The summed E-state index contributed by atoms with van der Waals surface area (Å²) in [5.41, 5.74) is 2.60. The third-order valence-corrected chi connectivity index (χ3v) is 3.66. The second kappa shape index (κ2) is 6.83. The number of aromatic nitrogens is 1. The first-order valence-electron chi connectivity index (χ1n) is 7.12. The maximum absolute atomic E-state index is 12.9. The Morgan fingerprint density at radius 3 is 2.48 bits per heavy atom. The van der Waals surface area contributed by atoms with Gasteiger partial charge in [0.25, 0.3) is 0 Å². The van der Waals surface area contributed by atoms with Gasteiger partial charge in [0.2, 0.25) is 0 Å². The molecule has 0 aliphatic heterocycles. The Morgan fingerprint density at radius 1 is 1.29 bits per heavy atom. The molecule has 2 N–H and O–H groups in total. The fourth-order valence-corrected chi connectivity index (χ4v) is 2.49. The van der Waals surface area contributed by atoms with E-state index in [4.69, 9.17) is 4.52 Å². The molecule has 0 saturated carbocycles. The van der Waals surface area contributed by atoms with Crippen LogP contribution in [0.4, 0.5) is 4.39 Å². The summed E-state index contributed by atoms with van der Waals surface area (Å²) in [5, 5.41) is 17.5. The first-order valence-corrected chi connectivity index (χ1v) is 7.12. The van der Waals surface area contributed by atoms with E-state index in [2.05, 4.69) is 17.4 Å². The number of aliphatic hydroxyl groups is 1. The zero-order valence-corrected chi connectivity index (χ0v) is 12.6. The first-order chi connectivity index (χ1) is 10.0. The molecule has 0 aliphatic carbocycles. The third-order valence-electron chi connectivity index (χ3n) is 3.66. The van der Waals surface area contributed by atoms with Crippen LogP contribution in [-0.2, 0) is 0 Å². The molecule has 1 aromatic carbocycles. The van der Waals surface area contributed by atoms with E-state index in [1.807, 2.05) is 13.8 Å². The minimum absolute atomic E-state index is 0.0753. The van der Waals surface area contributed by atoms with Crippen molar-refractivity contribution in [3.05, 3.63) is 52.7 Å². The molecule has 5 heteroatoms. The monoisotopic (exact) mass is 292 g/mol. The molecule has 0 bridgehead atoms. The normalized spacial score (nSPS) is 14.1. The lowest BCUT2D eigenvalue weighted by Crippen LogP contribution is -2.26. The SMILES string of the molecule is CC[C@@H](NC[C@@H](O)c1ccc(F)cc1)c1c(C)noc1C. The van der Waals surface area contributed by atoms with Gasteiger partial charge in [0.05, 0.1) is 11.8 Å². The lowest BCUT2D eigenvalue weighted by atomic mass is 10.0. The van der Waals surface area contributed by atoms with Gasteiger partial charge in [-0.15, -0.1) is 0 Å². The Bertz CT molecular complexity index is 561. The molecular weight excluding hydrogens is 271 g/mol. The van der Waals surface area contributed by atoms with Crippen molar-refractivity contribution in [3.63, 3.8) is 0 Å². The average Bonchev–Trinajstić information content (AvgIpc) is 2.80. The standard InChI is InChI=1S/C16H21FN2O2/c1-4-14(16-10(2)19-21-11(16)3)18-9-15(20)12-5-7-13(17)8-6-12/h5-8,14-15,18,20H,4,9H2,1-3H3/t14-,15-/m1/s1. The number of hydrogen-bond acceptors (Lipinski definition) is 4. The number of nitrogens with one attached hydrogen (secondary N) is 1. The van der Waals surface area contributed by atoms with E-state index in [0.29, 0.717) is 12.1 Å².